The first kappa shape index (κ1) is 26.4. The van der Waals surface area contributed by atoms with E-state index >= 15 is 0 Å². The molecule has 0 saturated carbocycles. The van der Waals surface area contributed by atoms with Crippen LogP contribution < -0.4 is 16.0 Å². The molecule has 0 saturated heterocycles. The Labute approximate surface area is 209 Å². The normalized spacial score (nSPS) is 15.8. The zero-order valence-electron chi connectivity index (χ0n) is 20.5. The summed E-state index contributed by atoms with van der Waals surface area (Å²) in [6.45, 7) is 4.53. The number of carbonyl (C=O) groups excluding carboxylic acids is 5. The highest BCUT2D eigenvalue weighted by Crippen LogP contribution is 2.27. The average Bonchev–Trinajstić information content (AvgIpc) is 2.90. The first-order valence-corrected chi connectivity index (χ1v) is 11.7. The summed E-state index contributed by atoms with van der Waals surface area (Å²) in [5.41, 5.74) is 1.64. The molecule has 190 valence electrons. The van der Waals surface area contributed by atoms with Crippen LogP contribution in [0.15, 0.2) is 48.5 Å². The monoisotopic (exact) mass is 494 g/mol. The van der Waals surface area contributed by atoms with Gasteiger partial charge in [0, 0.05) is 25.1 Å². The van der Waals surface area contributed by atoms with Gasteiger partial charge in [-0.25, -0.2) is 0 Å². The quantitative estimate of drug-likeness (QED) is 0.457. The van der Waals surface area contributed by atoms with Gasteiger partial charge in [0.15, 0.2) is 0 Å². The molecule has 4 amide bonds. The summed E-state index contributed by atoms with van der Waals surface area (Å²) in [6.07, 6.45) is 0.168. The number of amides is 4. The number of nitrogens with zero attached hydrogens (tertiary/aromatic N) is 1. The van der Waals surface area contributed by atoms with Crippen LogP contribution in [0, 0.1) is 0 Å². The van der Waals surface area contributed by atoms with Crippen molar-refractivity contribution in [3.63, 3.8) is 0 Å². The van der Waals surface area contributed by atoms with Crippen LogP contribution in [0.25, 0.3) is 0 Å². The first-order valence-electron chi connectivity index (χ1n) is 11.7. The second-order valence-electron chi connectivity index (χ2n) is 8.55. The molecule has 1 heterocycles. The van der Waals surface area contributed by atoms with Gasteiger partial charge >= 0.3 is 5.97 Å². The minimum atomic E-state index is -0.970. The maximum absolute atomic E-state index is 13.7. The zero-order chi connectivity index (χ0) is 26.2. The van der Waals surface area contributed by atoms with Crippen molar-refractivity contribution < 1.29 is 28.7 Å². The van der Waals surface area contributed by atoms with Crippen LogP contribution in [0.5, 0.6) is 0 Å². The molecule has 0 aliphatic carbocycles. The third kappa shape index (κ3) is 6.91. The lowest BCUT2D eigenvalue weighted by Gasteiger charge is -2.29. The highest BCUT2D eigenvalue weighted by Gasteiger charge is 2.37. The van der Waals surface area contributed by atoms with Crippen LogP contribution in [-0.4, -0.2) is 59.7 Å². The number of esters is 1. The Hall–Kier alpha value is -4.21. The van der Waals surface area contributed by atoms with Crippen LogP contribution in [0.4, 0.5) is 11.4 Å². The summed E-state index contributed by atoms with van der Waals surface area (Å²) >= 11 is 0. The van der Waals surface area contributed by atoms with Gasteiger partial charge in [-0.1, -0.05) is 30.3 Å². The van der Waals surface area contributed by atoms with Crippen molar-refractivity contribution in [2.75, 3.05) is 23.8 Å². The Morgan fingerprint density at radius 2 is 1.83 bits per heavy atom. The van der Waals surface area contributed by atoms with E-state index in [4.69, 9.17) is 4.74 Å². The molecule has 36 heavy (non-hydrogen) atoms. The van der Waals surface area contributed by atoms with Crippen molar-refractivity contribution in [3.8, 4) is 0 Å². The maximum Gasteiger partial charge on any atom is 0.307 e. The molecule has 3 N–H and O–H groups in total. The Balaban J connectivity index is 1.89. The van der Waals surface area contributed by atoms with E-state index in [1.54, 1.807) is 26.0 Å². The van der Waals surface area contributed by atoms with Crippen molar-refractivity contribution in [1.29, 1.82) is 0 Å². The van der Waals surface area contributed by atoms with Crippen molar-refractivity contribution in [1.82, 2.24) is 10.2 Å². The van der Waals surface area contributed by atoms with Gasteiger partial charge in [0.1, 0.15) is 12.6 Å². The molecule has 10 heteroatoms. The summed E-state index contributed by atoms with van der Waals surface area (Å²) in [4.78, 5) is 64.3. The fraction of sp³-hybridized carbons (Fsp3) is 0.346. The second-order valence-corrected chi connectivity index (χ2v) is 8.55. The van der Waals surface area contributed by atoms with Crippen LogP contribution >= 0.6 is 0 Å². The standard InChI is InChI=1S/C26H30N4O6/c1-4-36-24(33)12-16(2)27-23(32)15-30-22(13-18-8-6-5-7-9-18)25(34)29-21-11-10-19(28-17(3)31)14-20(21)26(30)35/h5-11,14,16,22H,4,12-13,15H2,1-3H3,(H,27,32)(H,28,31)(H,29,34)/t16?,22-/m0/s1. The number of hydrogen-bond donors (Lipinski definition) is 3. The maximum atomic E-state index is 13.7. The molecule has 0 spiro atoms. The zero-order valence-corrected chi connectivity index (χ0v) is 20.5. The summed E-state index contributed by atoms with van der Waals surface area (Å²) in [5, 5.41) is 8.10. The third-order valence-corrected chi connectivity index (χ3v) is 5.54. The summed E-state index contributed by atoms with van der Waals surface area (Å²) in [5.74, 6) is -2.26. The van der Waals surface area contributed by atoms with Gasteiger partial charge in [0.2, 0.25) is 17.7 Å². The van der Waals surface area contributed by atoms with Crippen LogP contribution in [0.1, 0.15) is 43.1 Å². The minimum absolute atomic E-state index is 0.0234. The fourth-order valence-electron chi connectivity index (χ4n) is 3.98. The molecule has 2 aromatic carbocycles. The number of rotatable bonds is 9. The number of fused-ring (bicyclic) bond motifs is 1. The summed E-state index contributed by atoms with van der Waals surface area (Å²) in [6, 6.07) is 12.3. The van der Waals surface area contributed by atoms with Gasteiger partial charge in [0.05, 0.1) is 24.3 Å². The van der Waals surface area contributed by atoms with Gasteiger partial charge in [-0.2, -0.15) is 0 Å². The van der Waals surface area contributed by atoms with Gasteiger partial charge in [-0.15, -0.1) is 0 Å². The van der Waals surface area contributed by atoms with E-state index in [2.05, 4.69) is 16.0 Å². The first-order chi connectivity index (χ1) is 17.2. The van der Waals surface area contributed by atoms with Crippen molar-refractivity contribution in [3.05, 3.63) is 59.7 Å². The van der Waals surface area contributed by atoms with Crippen LogP contribution in [0.3, 0.4) is 0 Å². The number of hydrogen-bond acceptors (Lipinski definition) is 6. The molecule has 0 bridgehead atoms. The molecule has 0 aromatic heterocycles. The summed E-state index contributed by atoms with van der Waals surface area (Å²) < 4.78 is 4.92. The lowest BCUT2D eigenvalue weighted by atomic mass is 10.0. The molecule has 0 radical (unpaired) electrons. The molecule has 10 nitrogen and oxygen atoms in total. The van der Waals surface area contributed by atoms with E-state index < -0.39 is 42.3 Å². The van der Waals surface area contributed by atoms with Gasteiger partial charge in [-0.05, 0) is 37.6 Å². The van der Waals surface area contributed by atoms with E-state index in [9.17, 15) is 24.0 Å². The van der Waals surface area contributed by atoms with E-state index in [0.717, 1.165) is 5.56 Å². The van der Waals surface area contributed by atoms with E-state index in [-0.39, 0.29) is 36.6 Å². The van der Waals surface area contributed by atoms with Crippen molar-refractivity contribution >= 4 is 41.0 Å². The highest BCUT2D eigenvalue weighted by atomic mass is 16.5. The van der Waals surface area contributed by atoms with Gasteiger partial charge < -0.3 is 25.6 Å². The molecule has 3 rings (SSSR count). The van der Waals surface area contributed by atoms with E-state index in [1.165, 1.54) is 17.9 Å². The van der Waals surface area contributed by atoms with E-state index in [0.29, 0.717) is 5.69 Å². The number of anilines is 2. The predicted molar refractivity (Wildman–Crippen MR) is 133 cm³/mol. The van der Waals surface area contributed by atoms with E-state index in [1.807, 2.05) is 30.3 Å². The Kier molecular flexibility index (Phi) is 8.77. The number of carbonyl (C=O) groups is 5. The minimum Gasteiger partial charge on any atom is -0.466 e. The third-order valence-electron chi connectivity index (χ3n) is 5.54. The van der Waals surface area contributed by atoms with Crippen LogP contribution in [0.2, 0.25) is 0 Å². The summed E-state index contributed by atoms with van der Waals surface area (Å²) in [7, 11) is 0. The lowest BCUT2D eigenvalue weighted by Crippen LogP contribution is -2.51. The van der Waals surface area contributed by atoms with Crippen LogP contribution in [-0.2, 0) is 30.3 Å². The molecule has 0 fully saturated rings. The topological polar surface area (TPSA) is 134 Å². The number of nitrogens with one attached hydrogen (secondary N) is 3. The van der Waals surface area contributed by atoms with Crippen molar-refractivity contribution in [2.24, 2.45) is 0 Å². The fourth-order valence-corrected chi connectivity index (χ4v) is 3.98. The Bertz CT molecular complexity index is 1150. The molecule has 1 unspecified atom stereocenters. The van der Waals surface area contributed by atoms with Crippen molar-refractivity contribution in [2.45, 2.75) is 45.7 Å². The SMILES string of the molecule is CCOC(=O)CC(C)NC(=O)CN1C(=O)c2cc(NC(C)=O)ccc2NC(=O)[C@@H]1Cc1ccccc1. The smallest absolute Gasteiger partial charge is 0.307 e. The molecular weight excluding hydrogens is 464 g/mol. The number of benzene rings is 2. The molecule has 2 aromatic rings. The second kappa shape index (κ2) is 12.0. The lowest BCUT2D eigenvalue weighted by molar-refractivity contribution is -0.143. The average molecular weight is 495 g/mol. The predicted octanol–water partition coefficient (Wildman–Crippen LogP) is 2.11. The largest absolute Gasteiger partial charge is 0.466 e. The Morgan fingerprint density at radius 1 is 1.11 bits per heavy atom. The Morgan fingerprint density at radius 3 is 2.50 bits per heavy atom. The molecule has 2 atom stereocenters. The van der Waals surface area contributed by atoms with Gasteiger partial charge in [-0.3, -0.25) is 24.0 Å². The highest BCUT2D eigenvalue weighted by molar-refractivity contribution is 6.11. The molecule has 1 aliphatic rings. The molecule has 1 aliphatic heterocycles. The number of ether oxygens (including phenoxy) is 1. The molecular formula is C26H30N4O6. The van der Waals surface area contributed by atoms with Gasteiger partial charge in [0.25, 0.3) is 5.91 Å².